The monoisotopic (exact) mass is 473 g/mol. The van der Waals surface area contributed by atoms with Crippen LogP contribution in [0.15, 0.2) is 48.5 Å². The molecule has 3 rings (SSSR count). The molecule has 0 bridgehead atoms. The molecule has 1 aromatic heterocycles. The van der Waals surface area contributed by atoms with Crippen molar-refractivity contribution in [3.63, 3.8) is 0 Å². The van der Waals surface area contributed by atoms with Gasteiger partial charge < -0.3 is 5.32 Å². The second kappa shape index (κ2) is 9.49. The summed E-state index contributed by atoms with van der Waals surface area (Å²) in [6.45, 7) is -0.826. The Morgan fingerprint density at radius 3 is 2.29 bits per heavy atom. The molecule has 3 aromatic rings. The van der Waals surface area contributed by atoms with Gasteiger partial charge in [-0.25, -0.2) is 17.6 Å². The molecule has 0 saturated heterocycles. The third kappa shape index (κ3) is 5.05. The predicted molar refractivity (Wildman–Crippen MR) is 107 cm³/mol. The van der Waals surface area contributed by atoms with Crippen molar-refractivity contribution < 1.29 is 27.2 Å². The predicted octanol–water partition coefficient (Wildman–Crippen LogP) is 5.93. The summed E-state index contributed by atoms with van der Waals surface area (Å²) in [5, 5.41) is 5.08. The number of hydrogen-bond acceptors (Lipinski definition) is 3. The molecular formula is C20H13Cl2F4N3O2. The van der Waals surface area contributed by atoms with Gasteiger partial charge in [0.05, 0.1) is 10.7 Å². The van der Waals surface area contributed by atoms with E-state index in [9.17, 15) is 27.2 Å². The number of nitrogens with one attached hydrogen (secondary N) is 1. The molecule has 0 unspecified atom stereocenters. The average Bonchev–Trinajstić information content (AvgIpc) is 3.05. The molecule has 162 valence electrons. The van der Waals surface area contributed by atoms with Gasteiger partial charge in [-0.15, -0.1) is 0 Å². The first kappa shape index (κ1) is 22.8. The first-order valence-electron chi connectivity index (χ1n) is 8.70. The van der Waals surface area contributed by atoms with E-state index in [2.05, 4.69) is 10.4 Å². The lowest BCUT2D eigenvalue weighted by Crippen LogP contribution is -2.22. The maximum absolute atomic E-state index is 13.3. The van der Waals surface area contributed by atoms with E-state index >= 15 is 0 Å². The minimum absolute atomic E-state index is 0.0629. The van der Waals surface area contributed by atoms with Crippen LogP contribution < -0.4 is 5.32 Å². The lowest BCUT2D eigenvalue weighted by atomic mass is 10.0. The largest absolute Gasteiger partial charge is 0.324 e. The van der Waals surface area contributed by atoms with Crippen LogP contribution in [0.2, 0.25) is 10.0 Å². The Bertz CT molecular complexity index is 1120. The molecule has 0 aliphatic carbocycles. The van der Waals surface area contributed by atoms with E-state index in [1.54, 1.807) is 30.3 Å². The highest BCUT2D eigenvalue weighted by molar-refractivity contribution is 6.32. The van der Waals surface area contributed by atoms with E-state index in [0.29, 0.717) is 10.2 Å². The van der Waals surface area contributed by atoms with Gasteiger partial charge in [0.15, 0.2) is 5.78 Å². The molecule has 31 heavy (non-hydrogen) atoms. The van der Waals surface area contributed by atoms with Gasteiger partial charge in [0.25, 0.3) is 12.9 Å². The van der Waals surface area contributed by atoms with E-state index in [-0.39, 0.29) is 16.3 Å². The molecule has 11 heteroatoms. The zero-order chi connectivity index (χ0) is 22.7. The molecule has 0 spiro atoms. The van der Waals surface area contributed by atoms with Crippen molar-refractivity contribution in [2.75, 3.05) is 5.32 Å². The van der Waals surface area contributed by atoms with Crippen molar-refractivity contribution >= 4 is 40.6 Å². The van der Waals surface area contributed by atoms with Crippen LogP contribution in [0.3, 0.4) is 0 Å². The van der Waals surface area contributed by atoms with E-state index in [1.165, 1.54) is 18.2 Å². The number of amides is 1. The van der Waals surface area contributed by atoms with Gasteiger partial charge in [-0.1, -0.05) is 53.5 Å². The Morgan fingerprint density at radius 1 is 1.00 bits per heavy atom. The summed E-state index contributed by atoms with van der Waals surface area (Å²) >= 11 is 11.6. The smallest absolute Gasteiger partial charge is 0.283 e. The topological polar surface area (TPSA) is 64.0 Å². The molecule has 0 saturated carbocycles. The summed E-state index contributed by atoms with van der Waals surface area (Å²) in [5.74, 6) is -1.32. The molecule has 0 fully saturated rings. The maximum Gasteiger partial charge on any atom is 0.283 e. The Kier molecular flexibility index (Phi) is 6.97. The van der Waals surface area contributed by atoms with Crippen molar-refractivity contribution in [1.82, 2.24) is 9.78 Å². The van der Waals surface area contributed by atoms with Crippen LogP contribution in [0, 0.1) is 0 Å². The lowest BCUT2D eigenvalue weighted by Gasteiger charge is -2.12. The Balaban J connectivity index is 1.89. The number of alkyl halides is 4. The summed E-state index contributed by atoms with van der Waals surface area (Å²) < 4.78 is 52.8. The summed E-state index contributed by atoms with van der Waals surface area (Å²) in [6.07, 6.45) is -6.42. The number of halogens is 6. The number of nitrogens with zero attached hydrogens (tertiary/aromatic N) is 2. The number of ketones is 1. The van der Waals surface area contributed by atoms with Crippen LogP contribution in [0.5, 0.6) is 0 Å². The summed E-state index contributed by atoms with van der Waals surface area (Å²) in [4.78, 5) is 25.2. The molecule has 1 heterocycles. The zero-order valence-corrected chi connectivity index (χ0v) is 17.0. The van der Waals surface area contributed by atoms with Crippen molar-refractivity contribution in [3.8, 4) is 0 Å². The molecule has 0 atom stereocenters. The normalized spacial score (nSPS) is 11.2. The first-order valence-corrected chi connectivity index (χ1v) is 9.46. The van der Waals surface area contributed by atoms with E-state index in [1.807, 2.05) is 0 Å². The number of aromatic nitrogens is 2. The number of hydrogen-bond donors (Lipinski definition) is 1. The van der Waals surface area contributed by atoms with Crippen LogP contribution in [-0.4, -0.2) is 21.5 Å². The van der Waals surface area contributed by atoms with Gasteiger partial charge in [0, 0.05) is 16.1 Å². The summed E-state index contributed by atoms with van der Waals surface area (Å²) in [6, 6.07) is 12.3. The number of benzene rings is 2. The fraction of sp³-hybridized carbons (Fsp3) is 0.150. The number of carbonyl (C=O) groups excluding carboxylic acids is 2. The van der Waals surface area contributed by atoms with Gasteiger partial charge in [-0.05, 0) is 18.2 Å². The van der Waals surface area contributed by atoms with Crippen molar-refractivity contribution in [2.45, 2.75) is 19.4 Å². The minimum atomic E-state index is -3.23. The number of rotatable bonds is 7. The molecule has 2 aromatic carbocycles. The second-order valence-corrected chi connectivity index (χ2v) is 7.09. The molecule has 5 nitrogen and oxygen atoms in total. The van der Waals surface area contributed by atoms with E-state index in [0.717, 1.165) is 0 Å². The van der Waals surface area contributed by atoms with Crippen LogP contribution in [-0.2, 0) is 11.3 Å². The molecule has 1 amide bonds. The highest BCUT2D eigenvalue weighted by Crippen LogP contribution is 2.34. The standard InChI is InChI=1S/C20H13Cl2F4N3O2/c21-11-6-7-13(12(8-11)18(31)10-4-2-1-3-5-10)27-14(30)9-29-17(20(25)26)15(22)16(28-29)19(23)24/h1-8,19-20H,9H2,(H,27,30). The summed E-state index contributed by atoms with van der Waals surface area (Å²) in [5.41, 5.74) is -1.58. The van der Waals surface area contributed by atoms with Crippen LogP contribution in [0.25, 0.3) is 0 Å². The van der Waals surface area contributed by atoms with Crippen molar-refractivity contribution in [1.29, 1.82) is 0 Å². The summed E-state index contributed by atoms with van der Waals surface area (Å²) in [7, 11) is 0. The molecule has 1 N–H and O–H groups in total. The first-order chi connectivity index (χ1) is 14.7. The van der Waals surface area contributed by atoms with Gasteiger partial charge in [0.2, 0.25) is 5.91 Å². The number of carbonyl (C=O) groups is 2. The van der Waals surface area contributed by atoms with Crippen molar-refractivity contribution in [2.24, 2.45) is 0 Å². The maximum atomic E-state index is 13.3. The van der Waals surface area contributed by atoms with Crippen molar-refractivity contribution in [3.05, 3.63) is 81.1 Å². The second-order valence-electron chi connectivity index (χ2n) is 6.28. The molecule has 0 radical (unpaired) electrons. The lowest BCUT2D eigenvalue weighted by molar-refractivity contribution is -0.117. The SMILES string of the molecule is O=C(Cn1nc(C(F)F)c(Cl)c1C(F)F)Nc1ccc(Cl)cc1C(=O)c1ccccc1. The van der Waals surface area contributed by atoms with Gasteiger partial charge in [0.1, 0.15) is 17.9 Å². The van der Waals surface area contributed by atoms with E-state index < -0.39 is 47.5 Å². The highest BCUT2D eigenvalue weighted by Gasteiger charge is 2.29. The minimum Gasteiger partial charge on any atom is -0.324 e. The van der Waals surface area contributed by atoms with Gasteiger partial charge >= 0.3 is 0 Å². The third-order valence-electron chi connectivity index (χ3n) is 4.20. The molecular weight excluding hydrogens is 461 g/mol. The van der Waals surface area contributed by atoms with Gasteiger partial charge in [-0.3, -0.25) is 14.3 Å². The Labute approximate surface area is 183 Å². The molecule has 0 aliphatic heterocycles. The quantitative estimate of drug-likeness (QED) is 0.341. The fourth-order valence-electron chi connectivity index (χ4n) is 2.82. The Morgan fingerprint density at radius 2 is 1.68 bits per heavy atom. The highest BCUT2D eigenvalue weighted by atomic mass is 35.5. The van der Waals surface area contributed by atoms with Crippen LogP contribution in [0.4, 0.5) is 23.2 Å². The Hall–Kier alpha value is -2.91. The third-order valence-corrected chi connectivity index (χ3v) is 4.82. The molecule has 0 aliphatic rings. The average molecular weight is 474 g/mol. The fourth-order valence-corrected chi connectivity index (χ4v) is 3.30. The van der Waals surface area contributed by atoms with Crippen LogP contribution >= 0.6 is 23.2 Å². The number of anilines is 1. The van der Waals surface area contributed by atoms with Gasteiger partial charge in [-0.2, -0.15) is 5.10 Å². The zero-order valence-electron chi connectivity index (χ0n) is 15.5. The van der Waals surface area contributed by atoms with E-state index in [4.69, 9.17) is 23.2 Å². The van der Waals surface area contributed by atoms with Crippen LogP contribution in [0.1, 0.15) is 40.2 Å².